The molecule has 4 rings (SSSR count). The number of primary amides is 1. The number of benzene rings is 1. The average Bonchev–Trinajstić information content (AvgIpc) is 3.58. The first-order valence-corrected chi connectivity index (χ1v) is 15.8. The average molecular weight is 636 g/mol. The van der Waals surface area contributed by atoms with Crippen molar-refractivity contribution in [3.05, 3.63) is 101 Å². The van der Waals surface area contributed by atoms with Crippen molar-refractivity contribution in [3.63, 3.8) is 0 Å². The molecule has 0 fully saturated rings. The number of oxazole rings is 1. The summed E-state index contributed by atoms with van der Waals surface area (Å²) in [6, 6.07) is 6.98. The van der Waals surface area contributed by atoms with Gasteiger partial charge < -0.3 is 25.5 Å². The van der Waals surface area contributed by atoms with Crippen LogP contribution in [0.3, 0.4) is 0 Å². The molecule has 0 bridgehead atoms. The highest BCUT2D eigenvalue weighted by Gasteiger charge is 2.49. The van der Waals surface area contributed by atoms with E-state index in [1.165, 1.54) is 24.6 Å². The number of rotatable bonds is 16. The summed E-state index contributed by atoms with van der Waals surface area (Å²) in [6.07, 6.45) is 8.58. The molecule has 2 amide bonds. The van der Waals surface area contributed by atoms with Gasteiger partial charge >= 0.3 is 0 Å². The fraction of sp³-hybridized carbons (Fsp3) is 0.429. The van der Waals surface area contributed by atoms with Crippen molar-refractivity contribution in [2.45, 2.75) is 65.5 Å². The van der Waals surface area contributed by atoms with E-state index < -0.39 is 35.0 Å². The molecular weight excluding hydrogens is 592 g/mol. The highest BCUT2D eigenvalue weighted by Crippen LogP contribution is 2.46. The molecule has 1 unspecified atom stereocenters. The van der Waals surface area contributed by atoms with Gasteiger partial charge in [0.25, 0.3) is 0 Å². The maximum Gasteiger partial charge on any atom is 0.249 e. The Morgan fingerprint density at radius 2 is 1.78 bits per heavy atom. The summed E-state index contributed by atoms with van der Waals surface area (Å²) in [6.45, 7) is 7.35. The van der Waals surface area contributed by atoms with E-state index in [2.05, 4.69) is 15.3 Å². The molecule has 0 spiro atoms. The third-order valence-corrected chi connectivity index (χ3v) is 8.37. The van der Waals surface area contributed by atoms with Crippen LogP contribution in [0.4, 0.5) is 8.78 Å². The van der Waals surface area contributed by atoms with Crippen LogP contribution >= 0.6 is 0 Å². The minimum atomic E-state index is -1.65. The first kappa shape index (κ1) is 34.6. The lowest BCUT2D eigenvalue weighted by Gasteiger charge is -2.42. The van der Waals surface area contributed by atoms with Crippen molar-refractivity contribution in [1.29, 1.82) is 0 Å². The van der Waals surface area contributed by atoms with Crippen molar-refractivity contribution in [2.24, 2.45) is 17.1 Å². The lowest BCUT2D eigenvalue weighted by Crippen LogP contribution is -2.51. The highest BCUT2D eigenvalue weighted by atomic mass is 19.1. The number of halogens is 2. The minimum absolute atomic E-state index is 0.00247. The van der Waals surface area contributed by atoms with Crippen molar-refractivity contribution in [3.8, 4) is 0 Å². The largest absolute Gasteiger partial charge is 0.445 e. The Hall–Kier alpha value is -4.22. The second-order valence-electron chi connectivity index (χ2n) is 11.8. The molecule has 46 heavy (non-hydrogen) atoms. The number of nitrogens with one attached hydrogen (secondary N) is 1. The lowest BCUT2D eigenvalue weighted by atomic mass is 9.63. The van der Waals surface area contributed by atoms with Crippen LogP contribution in [0.2, 0.25) is 0 Å². The van der Waals surface area contributed by atoms with Gasteiger partial charge in [0, 0.05) is 55.5 Å². The zero-order valence-electron chi connectivity index (χ0n) is 26.6. The van der Waals surface area contributed by atoms with Gasteiger partial charge in [-0.25, -0.2) is 13.8 Å². The summed E-state index contributed by atoms with van der Waals surface area (Å²) in [4.78, 5) is 38.0. The van der Waals surface area contributed by atoms with Crippen molar-refractivity contribution in [1.82, 2.24) is 20.2 Å². The number of nitrogens with two attached hydrogens (primary N) is 1. The van der Waals surface area contributed by atoms with Crippen LogP contribution in [0.15, 0.2) is 71.1 Å². The minimum Gasteiger partial charge on any atom is -0.445 e. The predicted octanol–water partition coefficient (Wildman–Crippen LogP) is 4.75. The molecule has 0 saturated heterocycles. The predicted molar refractivity (Wildman–Crippen MR) is 171 cm³/mol. The van der Waals surface area contributed by atoms with E-state index in [-0.39, 0.29) is 36.7 Å². The SMILES string of the molecule is CCCN(CCC)C(=O)C1=CC(c2ncco2)=CC(C(N)=O)([C@H](Cc2cc(F)cc(F)c2)[C@@H](O)CNCc2cc(CC)ccn2)C1. The molecule has 4 N–H and O–H groups in total. The van der Waals surface area contributed by atoms with Gasteiger partial charge in [-0.2, -0.15) is 0 Å². The molecule has 1 aliphatic rings. The van der Waals surface area contributed by atoms with Crippen LogP contribution in [-0.4, -0.2) is 57.5 Å². The summed E-state index contributed by atoms with van der Waals surface area (Å²) in [5.41, 5.74) is 7.31. The maximum absolute atomic E-state index is 14.4. The third-order valence-electron chi connectivity index (χ3n) is 8.37. The van der Waals surface area contributed by atoms with Gasteiger partial charge in [-0.1, -0.05) is 26.8 Å². The van der Waals surface area contributed by atoms with Gasteiger partial charge in [-0.15, -0.1) is 0 Å². The number of allylic oxidation sites excluding steroid dienone is 2. The number of aromatic nitrogens is 2. The molecule has 0 saturated carbocycles. The van der Waals surface area contributed by atoms with Crippen LogP contribution in [-0.2, 0) is 29.0 Å². The molecule has 3 aromatic rings. The molecule has 0 aliphatic heterocycles. The summed E-state index contributed by atoms with van der Waals surface area (Å²) >= 11 is 0. The Labute approximate surface area is 268 Å². The monoisotopic (exact) mass is 635 g/mol. The highest BCUT2D eigenvalue weighted by molar-refractivity contribution is 6.00. The quantitative estimate of drug-likeness (QED) is 0.207. The topological polar surface area (TPSA) is 135 Å². The smallest absolute Gasteiger partial charge is 0.249 e. The lowest BCUT2D eigenvalue weighted by molar-refractivity contribution is -0.132. The van der Waals surface area contributed by atoms with Crippen LogP contribution in [0.1, 0.15) is 62.7 Å². The maximum atomic E-state index is 14.4. The summed E-state index contributed by atoms with van der Waals surface area (Å²) in [5, 5.41) is 15.0. The summed E-state index contributed by atoms with van der Waals surface area (Å²) in [5.74, 6) is -3.50. The first-order valence-electron chi connectivity index (χ1n) is 15.8. The Kier molecular flexibility index (Phi) is 11.9. The number of aliphatic hydroxyl groups is 1. The van der Waals surface area contributed by atoms with Gasteiger partial charge in [0.1, 0.15) is 17.9 Å². The van der Waals surface area contributed by atoms with Crippen LogP contribution in [0, 0.1) is 23.0 Å². The number of aryl methyl sites for hydroxylation is 1. The van der Waals surface area contributed by atoms with Gasteiger partial charge in [-0.05, 0) is 73.6 Å². The van der Waals surface area contributed by atoms with E-state index >= 15 is 0 Å². The molecule has 3 atom stereocenters. The number of carbonyl (C=O) groups excluding carboxylic acids is 2. The van der Waals surface area contributed by atoms with E-state index in [0.717, 1.165) is 36.6 Å². The Morgan fingerprint density at radius 1 is 1.07 bits per heavy atom. The molecule has 1 aliphatic carbocycles. The number of hydrogen-bond donors (Lipinski definition) is 3. The summed E-state index contributed by atoms with van der Waals surface area (Å²) < 4.78 is 34.3. The molecule has 11 heteroatoms. The summed E-state index contributed by atoms with van der Waals surface area (Å²) in [7, 11) is 0. The molecule has 2 aromatic heterocycles. The van der Waals surface area contributed by atoms with E-state index in [9.17, 15) is 23.5 Å². The normalized spacial score (nSPS) is 17.6. The number of carbonyl (C=O) groups is 2. The Morgan fingerprint density at radius 3 is 2.39 bits per heavy atom. The van der Waals surface area contributed by atoms with Gasteiger partial charge in [0.05, 0.1) is 23.4 Å². The first-order chi connectivity index (χ1) is 22.1. The van der Waals surface area contributed by atoms with Crippen molar-refractivity contribution < 1.29 is 27.9 Å². The van der Waals surface area contributed by atoms with E-state index in [1.807, 2.05) is 32.9 Å². The third kappa shape index (κ3) is 8.32. The molecule has 1 aromatic carbocycles. The molecule has 246 valence electrons. The fourth-order valence-corrected chi connectivity index (χ4v) is 6.17. The molecule has 2 heterocycles. The Balaban J connectivity index is 1.77. The van der Waals surface area contributed by atoms with Gasteiger partial charge in [-0.3, -0.25) is 14.6 Å². The second kappa shape index (κ2) is 15.9. The number of pyridine rings is 1. The molecular formula is C35H43F2N5O4. The zero-order valence-corrected chi connectivity index (χ0v) is 26.6. The second-order valence-corrected chi connectivity index (χ2v) is 11.8. The van der Waals surface area contributed by atoms with E-state index in [1.54, 1.807) is 23.2 Å². The van der Waals surface area contributed by atoms with Crippen LogP contribution < -0.4 is 11.1 Å². The standard InChI is InChI=1S/C35H43F2N5O4/c1-4-10-42(11-5-2)33(44)26-17-25(32-41-9-12-46-32)19-35(20-26,34(38)45)30(16-24-13-27(36)18-28(37)14-24)31(43)22-39-21-29-15-23(6-3)7-8-40-29/h7-9,12-15,17-19,30-31,39,43H,4-6,10-11,16,20-22H2,1-3H3,(H2,38,45)/t30-,31+,35?/m1/s1. The van der Waals surface area contributed by atoms with Crippen molar-refractivity contribution >= 4 is 17.4 Å². The molecule has 0 radical (unpaired) electrons. The van der Waals surface area contributed by atoms with Crippen LogP contribution in [0.25, 0.3) is 5.57 Å². The zero-order chi connectivity index (χ0) is 33.3. The van der Waals surface area contributed by atoms with Gasteiger partial charge in [0.15, 0.2) is 0 Å². The number of hydrogen-bond acceptors (Lipinski definition) is 7. The fourth-order valence-electron chi connectivity index (χ4n) is 6.17. The number of aliphatic hydroxyl groups excluding tert-OH is 1. The number of amides is 2. The van der Waals surface area contributed by atoms with E-state index in [0.29, 0.717) is 30.8 Å². The molecule has 9 nitrogen and oxygen atoms in total. The number of nitrogens with zero attached hydrogens (tertiary/aromatic N) is 3. The van der Waals surface area contributed by atoms with Crippen molar-refractivity contribution in [2.75, 3.05) is 19.6 Å². The Bertz CT molecular complexity index is 1530. The van der Waals surface area contributed by atoms with E-state index in [4.69, 9.17) is 10.2 Å². The van der Waals surface area contributed by atoms with Crippen LogP contribution in [0.5, 0.6) is 0 Å². The van der Waals surface area contributed by atoms with Gasteiger partial charge in [0.2, 0.25) is 17.7 Å².